The summed E-state index contributed by atoms with van der Waals surface area (Å²) in [5.74, 6) is -0.944. The van der Waals surface area contributed by atoms with Crippen LogP contribution in [0.5, 0.6) is 0 Å². The van der Waals surface area contributed by atoms with Gasteiger partial charge in [-0.3, -0.25) is 4.90 Å². The summed E-state index contributed by atoms with van der Waals surface area (Å²) in [4.78, 5) is 25.0. The molecule has 1 aromatic carbocycles. The summed E-state index contributed by atoms with van der Waals surface area (Å²) in [5.41, 5.74) is 1.97. The number of nitrogens with zero attached hydrogens (tertiary/aromatic N) is 1. The molecule has 0 bridgehead atoms. The van der Waals surface area contributed by atoms with Crippen molar-refractivity contribution in [3.8, 4) is 0 Å². The molecule has 2 N–H and O–H groups in total. The summed E-state index contributed by atoms with van der Waals surface area (Å²) < 4.78 is 5.36. The first-order valence-electron chi connectivity index (χ1n) is 7.17. The van der Waals surface area contributed by atoms with Crippen LogP contribution >= 0.6 is 0 Å². The number of carbonyl (C=O) groups excluding carboxylic acids is 1. The van der Waals surface area contributed by atoms with Crippen LogP contribution in [0.3, 0.4) is 0 Å². The minimum Gasteiger partial charge on any atom is -0.478 e. The number of carboxylic acids is 1. The summed E-state index contributed by atoms with van der Waals surface area (Å²) in [7, 11) is 0. The van der Waals surface area contributed by atoms with E-state index >= 15 is 0 Å². The zero-order valence-electron chi connectivity index (χ0n) is 11.7. The fourth-order valence-electron chi connectivity index (χ4n) is 2.85. The lowest BCUT2D eigenvalue weighted by atomic mass is 10.1. The standard InChI is InChI=1S/C15H18N2O4/c18-14(19)11-3-4-13-10(8-11)5-6-17(13)15(20)16-12-2-1-7-21-9-12/h3-4,8,12H,1-2,5-7,9H2,(H,16,20)(H,18,19). The van der Waals surface area contributed by atoms with Crippen molar-refractivity contribution in [2.24, 2.45) is 0 Å². The molecule has 1 fully saturated rings. The lowest BCUT2D eigenvalue weighted by Gasteiger charge is -2.26. The van der Waals surface area contributed by atoms with E-state index in [2.05, 4.69) is 5.32 Å². The Morgan fingerprint density at radius 2 is 2.24 bits per heavy atom. The Hall–Kier alpha value is -2.08. The average Bonchev–Trinajstić information content (AvgIpc) is 2.91. The van der Waals surface area contributed by atoms with Crippen molar-refractivity contribution < 1.29 is 19.4 Å². The zero-order chi connectivity index (χ0) is 14.8. The molecule has 2 heterocycles. The van der Waals surface area contributed by atoms with Crippen LogP contribution in [-0.4, -0.2) is 42.9 Å². The van der Waals surface area contributed by atoms with Crippen LogP contribution in [0.1, 0.15) is 28.8 Å². The van der Waals surface area contributed by atoms with Crippen LogP contribution in [0.2, 0.25) is 0 Å². The maximum atomic E-state index is 12.3. The smallest absolute Gasteiger partial charge is 0.335 e. The van der Waals surface area contributed by atoms with Crippen LogP contribution in [0.15, 0.2) is 18.2 Å². The van der Waals surface area contributed by atoms with Gasteiger partial charge in [0.15, 0.2) is 0 Å². The van der Waals surface area contributed by atoms with Gasteiger partial charge in [0.05, 0.1) is 18.2 Å². The second-order valence-corrected chi connectivity index (χ2v) is 5.41. The Labute approximate surface area is 122 Å². The number of hydrogen-bond acceptors (Lipinski definition) is 3. The molecule has 0 radical (unpaired) electrons. The van der Waals surface area contributed by atoms with E-state index in [1.165, 1.54) is 6.07 Å². The number of rotatable bonds is 2. The maximum absolute atomic E-state index is 12.3. The molecule has 2 aliphatic heterocycles. The second-order valence-electron chi connectivity index (χ2n) is 5.41. The first-order valence-corrected chi connectivity index (χ1v) is 7.17. The molecule has 0 aromatic heterocycles. The highest BCUT2D eigenvalue weighted by molar-refractivity contribution is 5.96. The predicted octanol–water partition coefficient (Wildman–Crippen LogP) is 1.64. The highest BCUT2D eigenvalue weighted by Crippen LogP contribution is 2.29. The minimum atomic E-state index is -0.944. The van der Waals surface area contributed by atoms with Crippen molar-refractivity contribution in [1.29, 1.82) is 0 Å². The number of benzene rings is 1. The third-order valence-electron chi connectivity index (χ3n) is 3.96. The van der Waals surface area contributed by atoms with Gasteiger partial charge in [0, 0.05) is 18.8 Å². The molecule has 6 nitrogen and oxygen atoms in total. The Kier molecular flexibility index (Phi) is 3.79. The third kappa shape index (κ3) is 2.85. The van der Waals surface area contributed by atoms with Gasteiger partial charge in [-0.05, 0) is 43.0 Å². The number of carboxylic acid groups (broad SMARTS) is 1. The highest BCUT2D eigenvalue weighted by atomic mass is 16.5. The largest absolute Gasteiger partial charge is 0.478 e. The Morgan fingerprint density at radius 1 is 1.38 bits per heavy atom. The first-order chi connectivity index (χ1) is 10.1. The van der Waals surface area contributed by atoms with Crippen molar-refractivity contribution in [2.75, 3.05) is 24.7 Å². The van der Waals surface area contributed by atoms with Crippen LogP contribution in [-0.2, 0) is 11.2 Å². The molecule has 6 heteroatoms. The van der Waals surface area contributed by atoms with E-state index in [1.807, 2.05) is 0 Å². The molecular weight excluding hydrogens is 272 g/mol. The SMILES string of the molecule is O=C(O)c1ccc2c(c1)CCN2C(=O)NC1CCCOC1. The summed E-state index contributed by atoms with van der Waals surface area (Å²) in [6.07, 6.45) is 2.58. The molecular formula is C15H18N2O4. The second kappa shape index (κ2) is 5.73. The Morgan fingerprint density at radius 3 is 2.95 bits per heavy atom. The van der Waals surface area contributed by atoms with Gasteiger partial charge in [0.25, 0.3) is 0 Å². The fraction of sp³-hybridized carbons (Fsp3) is 0.467. The van der Waals surface area contributed by atoms with Crippen molar-refractivity contribution in [1.82, 2.24) is 5.32 Å². The minimum absolute atomic E-state index is 0.0635. The van der Waals surface area contributed by atoms with E-state index < -0.39 is 5.97 Å². The Balaban J connectivity index is 1.71. The molecule has 112 valence electrons. The molecule has 1 unspecified atom stereocenters. The van der Waals surface area contributed by atoms with Crippen molar-refractivity contribution in [3.63, 3.8) is 0 Å². The molecule has 1 saturated heterocycles. The van der Waals surface area contributed by atoms with Gasteiger partial charge in [0.2, 0.25) is 0 Å². The van der Waals surface area contributed by atoms with Crippen molar-refractivity contribution in [3.05, 3.63) is 29.3 Å². The molecule has 3 rings (SSSR count). The normalized spacial score (nSPS) is 21.0. The molecule has 2 amide bonds. The van der Waals surface area contributed by atoms with Crippen LogP contribution < -0.4 is 10.2 Å². The van der Waals surface area contributed by atoms with Crippen molar-refractivity contribution >= 4 is 17.7 Å². The number of carbonyl (C=O) groups is 2. The quantitative estimate of drug-likeness (QED) is 0.868. The molecule has 0 aliphatic carbocycles. The van der Waals surface area contributed by atoms with E-state index in [4.69, 9.17) is 9.84 Å². The number of aromatic carboxylic acids is 1. The molecule has 0 spiro atoms. The maximum Gasteiger partial charge on any atom is 0.335 e. The van der Waals surface area contributed by atoms with Gasteiger partial charge >= 0.3 is 12.0 Å². The topological polar surface area (TPSA) is 78.9 Å². The third-order valence-corrected chi connectivity index (χ3v) is 3.96. The van der Waals surface area contributed by atoms with E-state index in [9.17, 15) is 9.59 Å². The van der Waals surface area contributed by atoms with Gasteiger partial charge in [0.1, 0.15) is 0 Å². The average molecular weight is 290 g/mol. The van der Waals surface area contributed by atoms with E-state index in [-0.39, 0.29) is 17.6 Å². The lowest BCUT2D eigenvalue weighted by molar-refractivity contribution is 0.0697. The zero-order valence-corrected chi connectivity index (χ0v) is 11.7. The van der Waals surface area contributed by atoms with E-state index in [0.717, 1.165) is 30.7 Å². The molecule has 1 atom stereocenters. The number of nitrogens with one attached hydrogen (secondary N) is 1. The lowest BCUT2D eigenvalue weighted by Crippen LogP contribution is -2.47. The van der Waals surface area contributed by atoms with Crippen LogP contribution in [0, 0.1) is 0 Å². The summed E-state index contributed by atoms with van der Waals surface area (Å²) in [6.45, 7) is 1.90. The predicted molar refractivity (Wildman–Crippen MR) is 76.8 cm³/mol. The monoisotopic (exact) mass is 290 g/mol. The first kappa shape index (κ1) is 13.9. The van der Waals surface area contributed by atoms with Gasteiger partial charge in [-0.2, -0.15) is 0 Å². The molecule has 0 saturated carbocycles. The highest BCUT2D eigenvalue weighted by Gasteiger charge is 2.27. The molecule has 2 aliphatic rings. The Bertz CT molecular complexity index is 567. The van der Waals surface area contributed by atoms with Gasteiger partial charge in [-0.15, -0.1) is 0 Å². The van der Waals surface area contributed by atoms with E-state index in [1.54, 1.807) is 17.0 Å². The number of hydrogen-bond donors (Lipinski definition) is 2. The van der Waals surface area contributed by atoms with Crippen molar-refractivity contribution in [2.45, 2.75) is 25.3 Å². The molecule has 1 aromatic rings. The number of fused-ring (bicyclic) bond motifs is 1. The number of urea groups is 1. The summed E-state index contributed by atoms with van der Waals surface area (Å²) in [5, 5.41) is 12.0. The van der Waals surface area contributed by atoms with E-state index in [0.29, 0.717) is 19.6 Å². The van der Waals surface area contributed by atoms with Gasteiger partial charge in [-0.25, -0.2) is 9.59 Å². The summed E-state index contributed by atoms with van der Waals surface area (Å²) in [6, 6.07) is 4.83. The number of amides is 2. The molecule has 21 heavy (non-hydrogen) atoms. The van der Waals surface area contributed by atoms with Gasteiger partial charge in [-0.1, -0.05) is 0 Å². The summed E-state index contributed by atoms with van der Waals surface area (Å²) >= 11 is 0. The fourth-order valence-corrected chi connectivity index (χ4v) is 2.85. The van der Waals surface area contributed by atoms with Gasteiger partial charge < -0.3 is 15.2 Å². The number of anilines is 1. The van der Waals surface area contributed by atoms with Crippen LogP contribution in [0.25, 0.3) is 0 Å². The van der Waals surface area contributed by atoms with Crippen LogP contribution in [0.4, 0.5) is 10.5 Å². The number of ether oxygens (including phenoxy) is 1.